The number of guanidine groups is 1. The number of amides is 2. The maximum atomic E-state index is 12.2. The van der Waals surface area contributed by atoms with Gasteiger partial charge in [-0.1, -0.05) is 18.2 Å². The molecule has 0 saturated carbocycles. The van der Waals surface area contributed by atoms with Gasteiger partial charge in [-0.05, 0) is 47.6 Å². The van der Waals surface area contributed by atoms with Crippen molar-refractivity contribution in [1.82, 2.24) is 15.6 Å². The van der Waals surface area contributed by atoms with Crippen molar-refractivity contribution in [3.63, 3.8) is 0 Å². The molecular formula is C22H30N6O6. The van der Waals surface area contributed by atoms with E-state index in [-0.39, 0.29) is 24.7 Å². The lowest BCUT2D eigenvalue weighted by molar-refractivity contribution is -0.384. The topological polar surface area (TPSA) is 157 Å². The number of hydrogen-bond acceptors (Lipinski definition) is 9. The number of nitrogens with one attached hydrogen (secondary N) is 3. The lowest BCUT2D eigenvalue weighted by atomic mass is 10.1. The van der Waals surface area contributed by atoms with E-state index in [1.54, 1.807) is 65.8 Å². The summed E-state index contributed by atoms with van der Waals surface area (Å²) in [5.41, 5.74) is -0.805. The van der Waals surface area contributed by atoms with Crippen molar-refractivity contribution in [2.45, 2.75) is 52.7 Å². The highest BCUT2D eigenvalue weighted by atomic mass is 16.6. The number of benzene rings is 1. The SMILES string of the molecule is CC(C)(C)OC(=O)NC(=NCCNc1c([N+](=O)[O-])cnc2ccccc12)NC(=O)OC(C)(C)C. The fourth-order valence-electron chi connectivity index (χ4n) is 2.71. The van der Waals surface area contributed by atoms with Crippen molar-refractivity contribution in [3.05, 3.63) is 40.6 Å². The van der Waals surface area contributed by atoms with Gasteiger partial charge in [0, 0.05) is 11.9 Å². The third-order valence-corrected chi connectivity index (χ3v) is 3.87. The lowest BCUT2D eigenvalue weighted by Crippen LogP contribution is -2.47. The summed E-state index contributed by atoms with van der Waals surface area (Å²) in [6.45, 7) is 10.4. The molecular weight excluding hydrogens is 444 g/mol. The molecule has 2 rings (SSSR count). The first-order chi connectivity index (χ1) is 15.7. The van der Waals surface area contributed by atoms with Crippen LogP contribution in [0.1, 0.15) is 41.5 Å². The predicted molar refractivity (Wildman–Crippen MR) is 128 cm³/mol. The third-order valence-electron chi connectivity index (χ3n) is 3.87. The molecule has 0 unspecified atom stereocenters. The Balaban J connectivity index is 2.16. The monoisotopic (exact) mass is 474 g/mol. The van der Waals surface area contributed by atoms with Gasteiger partial charge in [0.15, 0.2) is 0 Å². The minimum absolute atomic E-state index is 0.0503. The van der Waals surface area contributed by atoms with Gasteiger partial charge < -0.3 is 14.8 Å². The molecule has 0 aliphatic rings. The van der Waals surface area contributed by atoms with Gasteiger partial charge in [-0.25, -0.2) is 14.6 Å². The van der Waals surface area contributed by atoms with E-state index in [1.807, 2.05) is 0 Å². The molecule has 34 heavy (non-hydrogen) atoms. The number of aromatic nitrogens is 1. The van der Waals surface area contributed by atoms with Crippen LogP contribution in [-0.2, 0) is 9.47 Å². The standard InChI is InChI=1S/C22H30N6O6/c1-21(2,3)33-19(29)26-18(27-20(30)34-22(4,5)6)24-12-11-23-17-14-9-7-8-10-15(14)25-13-16(17)28(31)32/h7-10,13H,11-12H2,1-6H3,(H,23,25)(H2,24,26,27,29,30). The second-order valence-electron chi connectivity index (χ2n) is 9.20. The first kappa shape index (κ1) is 26.3. The normalized spacial score (nSPS) is 11.4. The number of pyridine rings is 1. The van der Waals surface area contributed by atoms with Crippen LogP contribution in [0.5, 0.6) is 0 Å². The number of aliphatic imine (C=N–C) groups is 1. The highest BCUT2D eigenvalue weighted by Gasteiger charge is 2.21. The number of hydrogen-bond donors (Lipinski definition) is 3. The van der Waals surface area contributed by atoms with Crippen LogP contribution in [0.4, 0.5) is 21.0 Å². The number of anilines is 1. The van der Waals surface area contributed by atoms with Crippen molar-refractivity contribution in [1.29, 1.82) is 0 Å². The Morgan fingerprint density at radius 3 is 2.12 bits per heavy atom. The molecule has 0 saturated heterocycles. The van der Waals surface area contributed by atoms with Crippen molar-refractivity contribution in [3.8, 4) is 0 Å². The first-order valence-corrected chi connectivity index (χ1v) is 10.6. The molecule has 2 amide bonds. The van der Waals surface area contributed by atoms with Crippen LogP contribution < -0.4 is 16.0 Å². The number of rotatable bonds is 5. The predicted octanol–water partition coefficient (Wildman–Crippen LogP) is 3.96. The molecule has 0 radical (unpaired) electrons. The summed E-state index contributed by atoms with van der Waals surface area (Å²) in [4.78, 5) is 43.5. The summed E-state index contributed by atoms with van der Waals surface area (Å²) < 4.78 is 10.4. The van der Waals surface area contributed by atoms with E-state index in [4.69, 9.17) is 9.47 Å². The van der Waals surface area contributed by atoms with Crippen molar-refractivity contribution >= 4 is 40.4 Å². The average Bonchev–Trinajstić information content (AvgIpc) is 2.67. The van der Waals surface area contributed by atoms with Gasteiger partial charge in [0.05, 0.1) is 17.0 Å². The van der Waals surface area contributed by atoms with E-state index in [9.17, 15) is 19.7 Å². The summed E-state index contributed by atoms with van der Waals surface area (Å²) in [5, 5.41) is 19.8. The van der Waals surface area contributed by atoms with Gasteiger partial charge in [0.1, 0.15) is 23.1 Å². The summed E-state index contributed by atoms with van der Waals surface area (Å²) in [6, 6.07) is 7.01. The molecule has 1 aromatic carbocycles. The lowest BCUT2D eigenvalue weighted by Gasteiger charge is -2.22. The minimum Gasteiger partial charge on any atom is -0.444 e. The maximum Gasteiger partial charge on any atom is 0.414 e. The van der Waals surface area contributed by atoms with E-state index >= 15 is 0 Å². The molecule has 2 aromatic rings. The van der Waals surface area contributed by atoms with Crippen molar-refractivity contribution in [2.75, 3.05) is 18.4 Å². The Morgan fingerprint density at radius 2 is 1.59 bits per heavy atom. The summed E-state index contributed by atoms with van der Waals surface area (Å²) in [5.74, 6) is -0.181. The van der Waals surface area contributed by atoms with Crippen LogP contribution in [0.2, 0.25) is 0 Å². The van der Waals surface area contributed by atoms with Crippen molar-refractivity contribution in [2.24, 2.45) is 4.99 Å². The highest BCUT2D eigenvalue weighted by molar-refractivity contribution is 6.01. The van der Waals surface area contributed by atoms with Crippen LogP contribution in [0, 0.1) is 10.1 Å². The van der Waals surface area contributed by atoms with Gasteiger partial charge in [-0.3, -0.25) is 25.7 Å². The third kappa shape index (κ3) is 8.52. The van der Waals surface area contributed by atoms with Crippen LogP contribution in [0.15, 0.2) is 35.5 Å². The zero-order valence-electron chi connectivity index (χ0n) is 20.1. The molecule has 3 N–H and O–H groups in total. The number of para-hydroxylation sites is 1. The molecule has 0 atom stereocenters. The number of fused-ring (bicyclic) bond motifs is 1. The largest absolute Gasteiger partial charge is 0.444 e. The Morgan fingerprint density at radius 1 is 1.03 bits per heavy atom. The Bertz CT molecular complexity index is 1060. The Labute approximate surface area is 197 Å². The molecule has 1 aromatic heterocycles. The van der Waals surface area contributed by atoms with Crippen LogP contribution in [-0.4, -0.2) is 52.3 Å². The first-order valence-electron chi connectivity index (χ1n) is 10.6. The molecule has 184 valence electrons. The summed E-state index contributed by atoms with van der Waals surface area (Å²) in [7, 11) is 0. The molecule has 0 spiro atoms. The molecule has 12 heteroatoms. The van der Waals surface area contributed by atoms with Gasteiger partial charge in [-0.15, -0.1) is 0 Å². The van der Waals surface area contributed by atoms with E-state index in [1.165, 1.54) is 6.20 Å². The summed E-state index contributed by atoms with van der Waals surface area (Å²) >= 11 is 0. The minimum atomic E-state index is -0.814. The average molecular weight is 475 g/mol. The van der Waals surface area contributed by atoms with Gasteiger partial charge >= 0.3 is 17.9 Å². The van der Waals surface area contributed by atoms with E-state index in [0.717, 1.165) is 0 Å². The van der Waals surface area contributed by atoms with Gasteiger partial charge in [0.2, 0.25) is 5.96 Å². The smallest absolute Gasteiger partial charge is 0.414 e. The Hall–Kier alpha value is -3.96. The number of nitro groups is 1. The number of carbonyl (C=O) groups is 2. The molecule has 1 heterocycles. The zero-order chi connectivity index (χ0) is 25.5. The summed E-state index contributed by atoms with van der Waals surface area (Å²) in [6.07, 6.45) is -0.440. The zero-order valence-corrected chi connectivity index (χ0v) is 20.1. The molecule has 12 nitrogen and oxygen atoms in total. The molecule has 0 fully saturated rings. The number of nitrogens with zero attached hydrogens (tertiary/aromatic N) is 3. The van der Waals surface area contributed by atoms with E-state index < -0.39 is 28.3 Å². The fraction of sp³-hybridized carbons (Fsp3) is 0.455. The van der Waals surface area contributed by atoms with Gasteiger partial charge in [0.25, 0.3) is 0 Å². The molecule has 0 bridgehead atoms. The van der Waals surface area contributed by atoms with Crippen molar-refractivity contribution < 1.29 is 24.0 Å². The quantitative estimate of drug-likeness (QED) is 0.193. The fourth-order valence-corrected chi connectivity index (χ4v) is 2.71. The van der Waals surface area contributed by atoms with E-state index in [0.29, 0.717) is 16.6 Å². The number of carbonyl (C=O) groups excluding carboxylic acids is 2. The number of alkyl carbamates (subject to hydrolysis) is 2. The van der Waals surface area contributed by atoms with Crippen LogP contribution in [0.25, 0.3) is 10.9 Å². The Kier molecular flexibility index (Phi) is 8.33. The van der Waals surface area contributed by atoms with E-state index in [2.05, 4.69) is 25.9 Å². The van der Waals surface area contributed by atoms with Gasteiger partial charge in [-0.2, -0.15) is 0 Å². The molecule has 0 aliphatic heterocycles. The number of ether oxygens (including phenoxy) is 2. The highest BCUT2D eigenvalue weighted by Crippen LogP contribution is 2.31. The second kappa shape index (κ2) is 10.8. The van der Waals surface area contributed by atoms with Crippen LogP contribution >= 0.6 is 0 Å². The maximum absolute atomic E-state index is 12.2. The molecule has 0 aliphatic carbocycles. The van der Waals surface area contributed by atoms with Crippen LogP contribution in [0.3, 0.4) is 0 Å². The second-order valence-corrected chi connectivity index (χ2v) is 9.20.